The molecule has 0 aliphatic carbocycles. The summed E-state index contributed by atoms with van der Waals surface area (Å²) in [6.07, 6.45) is -0.0276. The van der Waals surface area contributed by atoms with E-state index in [0.717, 1.165) is 27.3 Å². The Morgan fingerprint density at radius 1 is 1.08 bits per heavy atom. The van der Waals surface area contributed by atoms with Gasteiger partial charge in [-0.05, 0) is 35.6 Å². The fourth-order valence-corrected chi connectivity index (χ4v) is 6.08. The molecule has 3 heterocycles. The van der Waals surface area contributed by atoms with E-state index >= 15 is 0 Å². The van der Waals surface area contributed by atoms with Crippen LogP contribution in [0.4, 0.5) is 0 Å². The fourth-order valence-electron chi connectivity index (χ4n) is 5.27. The molecule has 1 N–H and O–H groups in total. The highest BCUT2D eigenvalue weighted by Gasteiger charge is 2.45. The number of carbonyl (C=O) groups is 4. The van der Waals surface area contributed by atoms with E-state index in [4.69, 9.17) is 0 Å². The molecule has 2 aliphatic rings. The number of benzene rings is 2. The predicted octanol–water partition coefficient (Wildman–Crippen LogP) is 3.59. The van der Waals surface area contributed by atoms with Crippen LogP contribution >= 0.6 is 11.3 Å². The van der Waals surface area contributed by atoms with Gasteiger partial charge in [-0.3, -0.25) is 19.2 Å². The average Bonchev–Trinajstić information content (AvgIpc) is 3.60. The second-order valence-electron chi connectivity index (χ2n) is 10.2. The second kappa shape index (κ2) is 10.5. The Hall–Kier alpha value is -3.85. The smallest absolute Gasteiger partial charge is 0.255 e. The van der Waals surface area contributed by atoms with E-state index in [0.29, 0.717) is 12.1 Å². The van der Waals surface area contributed by atoms with Gasteiger partial charge in [0, 0.05) is 25.1 Å². The third kappa shape index (κ3) is 4.86. The summed E-state index contributed by atoms with van der Waals surface area (Å²) in [5.74, 6) is -1.29. The summed E-state index contributed by atoms with van der Waals surface area (Å²) in [6.45, 7) is 6.21. The van der Waals surface area contributed by atoms with E-state index in [1.54, 1.807) is 28.4 Å². The number of rotatable bonds is 7. The third-order valence-electron chi connectivity index (χ3n) is 7.23. The van der Waals surface area contributed by atoms with Crippen molar-refractivity contribution in [2.45, 2.75) is 52.4 Å². The first-order valence-corrected chi connectivity index (χ1v) is 13.6. The van der Waals surface area contributed by atoms with E-state index in [-0.39, 0.29) is 48.9 Å². The average molecular weight is 531 g/mol. The van der Waals surface area contributed by atoms with Gasteiger partial charge in [-0.1, -0.05) is 56.3 Å². The molecule has 9 heteroatoms. The van der Waals surface area contributed by atoms with Gasteiger partial charge >= 0.3 is 0 Å². The number of fused-ring (bicyclic) bond motifs is 1. The van der Waals surface area contributed by atoms with Gasteiger partial charge in [-0.25, -0.2) is 4.98 Å². The summed E-state index contributed by atoms with van der Waals surface area (Å²) < 4.78 is 0. The van der Waals surface area contributed by atoms with E-state index in [2.05, 4.69) is 10.3 Å². The van der Waals surface area contributed by atoms with Crippen LogP contribution in [-0.4, -0.2) is 56.9 Å². The van der Waals surface area contributed by atoms with Crippen LogP contribution in [0.2, 0.25) is 0 Å². The van der Waals surface area contributed by atoms with Gasteiger partial charge in [-0.15, -0.1) is 11.3 Å². The maximum Gasteiger partial charge on any atom is 0.255 e. The Balaban J connectivity index is 1.27. The number of nitrogens with one attached hydrogen (secondary N) is 1. The molecule has 2 aliphatic heterocycles. The molecule has 2 atom stereocenters. The molecule has 0 spiro atoms. The molecule has 2 aromatic carbocycles. The highest BCUT2D eigenvalue weighted by molar-refractivity contribution is 7.13. The molecule has 0 radical (unpaired) electrons. The van der Waals surface area contributed by atoms with Crippen LogP contribution in [-0.2, 0) is 27.5 Å². The highest BCUT2D eigenvalue weighted by Crippen LogP contribution is 2.30. The lowest BCUT2D eigenvalue weighted by atomic mass is 10.0. The van der Waals surface area contributed by atoms with Gasteiger partial charge in [0.25, 0.3) is 5.91 Å². The van der Waals surface area contributed by atoms with Gasteiger partial charge < -0.3 is 15.1 Å². The van der Waals surface area contributed by atoms with Gasteiger partial charge in [-0.2, -0.15) is 0 Å². The van der Waals surface area contributed by atoms with Gasteiger partial charge in [0.15, 0.2) is 5.78 Å². The number of Topliss-reactive ketones (excluding diaryl/α,β-unsaturated/α-hetero) is 1. The molecule has 5 rings (SSSR count). The lowest BCUT2D eigenvalue weighted by Gasteiger charge is -2.34. The number of likely N-dealkylation sites (tertiary alicyclic amines) is 1. The van der Waals surface area contributed by atoms with Crippen molar-refractivity contribution < 1.29 is 19.2 Å². The zero-order valence-corrected chi connectivity index (χ0v) is 22.5. The van der Waals surface area contributed by atoms with Gasteiger partial charge in [0.2, 0.25) is 11.8 Å². The Morgan fingerprint density at radius 2 is 1.82 bits per heavy atom. The van der Waals surface area contributed by atoms with E-state index in [1.165, 1.54) is 4.90 Å². The number of thiazole rings is 1. The van der Waals surface area contributed by atoms with Crippen LogP contribution in [0.5, 0.6) is 0 Å². The summed E-state index contributed by atoms with van der Waals surface area (Å²) in [7, 11) is 0. The molecule has 1 aromatic heterocycles. The maximum absolute atomic E-state index is 13.8. The second-order valence-corrected chi connectivity index (χ2v) is 11.0. The summed E-state index contributed by atoms with van der Waals surface area (Å²) in [6, 6.07) is 13.6. The topological polar surface area (TPSA) is 99.7 Å². The van der Waals surface area contributed by atoms with Crippen molar-refractivity contribution in [1.29, 1.82) is 0 Å². The van der Waals surface area contributed by atoms with Crippen molar-refractivity contribution >= 4 is 34.8 Å². The summed E-state index contributed by atoms with van der Waals surface area (Å²) >= 11 is 1.58. The number of nitrogens with zero attached hydrogens (tertiary/aromatic N) is 3. The van der Waals surface area contributed by atoms with E-state index in [1.807, 2.05) is 62.7 Å². The van der Waals surface area contributed by atoms with Crippen molar-refractivity contribution in [1.82, 2.24) is 20.1 Å². The number of aromatic nitrogens is 1. The maximum atomic E-state index is 13.8. The summed E-state index contributed by atoms with van der Waals surface area (Å²) in [5.41, 5.74) is 6.24. The number of ketones is 1. The largest absolute Gasteiger partial charge is 0.350 e. The Bertz CT molecular complexity index is 1400. The van der Waals surface area contributed by atoms with Crippen LogP contribution < -0.4 is 5.32 Å². The molecule has 3 aromatic rings. The van der Waals surface area contributed by atoms with Crippen molar-refractivity contribution in [3.05, 3.63) is 76.4 Å². The minimum Gasteiger partial charge on any atom is -0.350 e. The zero-order valence-electron chi connectivity index (χ0n) is 21.6. The zero-order chi connectivity index (χ0) is 27.0. The number of carbonyl (C=O) groups excluding carboxylic acids is 4. The predicted molar refractivity (Wildman–Crippen MR) is 144 cm³/mol. The molecule has 196 valence electrons. The first-order chi connectivity index (χ1) is 18.2. The van der Waals surface area contributed by atoms with Crippen molar-refractivity contribution in [2.75, 3.05) is 6.54 Å². The molecule has 1 saturated heterocycles. The van der Waals surface area contributed by atoms with E-state index < -0.39 is 12.1 Å². The first kappa shape index (κ1) is 25.8. The normalized spacial score (nSPS) is 17.7. The fraction of sp³-hybridized carbons (Fsp3) is 0.345. The minimum absolute atomic E-state index is 0.0276. The molecule has 0 bridgehead atoms. The third-order valence-corrected chi connectivity index (χ3v) is 8.21. The highest BCUT2D eigenvalue weighted by atomic mass is 32.1. The molecular formula is C29H30N4O4S. The summed E-state index contributed by atoms with van der Waals surface area (Å²) in [5, 5.41) is 2.90. The minimum atomic E-state index is -0.893. The Labute approximate surface area is 225 Å². The van der Waals surface area contributed by atoms with Crippen molar-refractivity contribution in [2.24, 2.45) is 5.92 Å². The molecule has 1 unspecified atom stereocenters. The van der Waals surface area contributed by atoms with Crippen molar-refractivity contribution in [3.63, 3.8) is 0 Å². The van der Waals surface area contributed by atoms with Gasteiger partial charge in [0.05, 0.1) is 22.6 Å². The standard InChI is InChI=1S/C29H30N4O4S/c1-17(2)25(33-14-21-6-4-5-7-23(21)28(33)36)29(37)32-15-22(34)12-24(32)27(35)30-13-19-8-10-20(11-9-19)26-18(3)31-16-38-26/h4-11,16-17,24-25H,12-15H2,1-3H3,(H,30,35)/t24-,25?/m0/s1. The molecular weight excluding hydrogens is 500 g/mol. The summed E-state index contributed by atoms with van der Waals surface area (Å²) in [4.78, 5) is 60.8. The van der Waals surface area contributed by atoms with Crippen LogP contribution in [0.25, 0.3) is 10.4 Å². The first-order valence-electron chi connectivity index (χ1n) is 12.7. The van der Waals surface area contributed by atoms with Crippen molar-refractivity contribution in [3.8, 4) is 10.4 Å². The monoisotopic (exact) mass is 530 g/mol. The molecule has 0 saturated carbocycles. The number of amides is 3. The number of hydrogen-bond donors (Lipinski definition) is 1. The van der Waals surface area contributed by atoms with E-state index in [9.17, 15) is 19.2 Å². The number of hydrogen-bond acceptors (Lipinski definition) is 6. The molecule has 8 nitrogen and oxygen atoms in total. The molecule has 38 heavy (non-hydrogen) atoms. The van der Waals surface area contributed by atoms with Crippen LogP contribution in [0.15, 0.2) is 54.0 Å². The quantitative estimate of drug-likeness (QED) is 0.503. The van der Waals surface area contributed by atoms with Crippen LogP contribution in [0, 0.1) is 12.8 Å². The Morgan fingerprint density at radius 3 is 2.47 bits per heavy atom. The lowest BCUT2D eigenvalue weighted by molar-refractivity contribution is -0.143. The molecule has 1 fully saturated rings. The van der Waals surface area contributed by atoms with Crippen LogP contribution in [0.3, 0.4) is 0 Å². The van der Waals surface area contributed by atoms with Crippen LogP contribution in [0.1, 0.15) is 47.4 Å². The Kier molecular flexibility index (Phi) is 7.12. The number of aryl methyl sites for hydroxylation is 1. The van der Waals surface area contributed by atoms with Gasteiger partial charge in [0.1, 0.15) is 12.1 Å². The SMILES string of the molecule is Cc1ncsc1-c1ccc(CNC(=O)[C@@H]2CC(=O)CN2C(=O)C(C(C)C)N2Cc3ccccc3C2=O)cc1. The lowest BCUT2D eigenvalue weighted by Crippen LogP contribution is -2.55. The molecule has 3 amide bonds.